The summed E-state index contributed by atoms with van der Waals surface area (Å²) in [6, 6.07) is 7.93. The SMILES string of the molecule is C=CC(=CC)Oc1ccc(C)cc1. The minimum absolute atomic E-state index is 0.781. The fourth-order valence-corrected chi connectivity index (χ4v) is 0.961. The van der Waals surface area contributed by atoms with Crippen LogP contribution in [0.25, 0.3) is 0 Å². The molecule has 0 atom stereocenters. The Hall–Kier alpha value is -1.50. The summed E-state index contributed by atoms with van der Waals surface area (Å²) < 4.78 is 5.51. The largest absolute Gasteiger partial charge is 0.458 e. The molecule has 0 spiro atoms. The molecule has 0 aliphatic carbocycles. The van der Waals surface area contributed by atoms with Gasteiger partial charge in [-0.3, -0.25) is 0 Å². The summed E-state index contributed by atoms with van der Waals surface area (Å²) in [4.78, 5) is 0. The Bertz CT molecular complexity index is 306. The molecular weight excluding hydrogens is 160 g/mol. The highest BCUT2D eigenvalue weighted by Gasteiger charge is 1.94. The van der Waals surface area contributed by atoms with E-state index in [-0.39, 0.29) is 0 Å². The van der Waals surface area contributed by atoms with Crippen LogP contribution < -0.4 is 4.74 Å². The molecule has 13 heavy (non-hydrogen) atoms. The lowest BCUT2D eigenvalue weighted by Gasteiger charge is -2.05. The van der Waals surface area contributed by atoms with Crippen molar-refractivity contribution in [2.45, 2.75) is 13.8 Å². The Kier molecular flexibility index (Phi) is 3.32. The molecule has 68 valence electrons. The number of hydrogen-bond donors (Lipinski definition) is 0. The van der Waals surface area contributed by atoms with Crippen LogP contribution >= 0.6 is 0 Å². The van der Waals surface area contributed by atoms with E-state index in [1.807, 2.05) is 44.2 Å². The second kappa shape index (κ2) is 4.51. The molecule has 0 fully saturated rings. The summed E-state index contributed by atoms with van der Waals surface area (Å²) in [6.45, 7) is 7.62. The number of allylic oxidation sites excluding steroid dienone is 2. The van der Waals surface area contributed by atoms with Crippen LogP contribution in [0.3, 0.4) is 0 Å². The number of hydrogen-bond acceptors (Lipinski definition) is 1. The van der Waals surface area contributed by atoms with Gasteiger partial charge in [-0.1, -0.05) is 24.3 Å². The van der Waals surface area contributed by atoms with Gasteiger partial charge in [0.15, 0.2) is 0 Å². The van der Waals surface area contributed by atoms with Crippen LogP contribution in [0.15, 0.2) is 48.8 Å². The van der Waals surface area contributed by atoms with E-state index in [2.05, 4.69) is 6.58 Å². The Balaban J connectivity index is 2.74. The van der Waals surface area contributed by atoms with Gasteiger partial charge in [0.1, 0.15) is 11.5 Å². The maximum absolute atomic E-state index is 5.51. The molecule has 0 N–H and O–H groups in total. The van der Waals surface area contributed by atoms with Crippen molar-refractivity contribution < 1.29 is 4.74 Å². The zero-order chi connectivity index (χ0) is 9.68. The number of rotatable bonds is 3. The highest BCUT2D eigenvalue weighted by Crippen LogP contribution is 2.14. The maximum atomic E-state index is 5.51. The first-order valence-electron chi connectivity index (χ1n) is 4.29. The van der Waals surface area contributed by atoms with E-state index in [9.17, 15) is 0 Å². The fraction of sp³-hybridized carbons (Fsp3) is 0.167. The minimum Gasteiger partial charge on any atom is -0.458 e. The van der Waals surface area contributed by atoms with Gasteiger partial charge in [0.2, 0.25) is 0 Å². The summed E-state index contributed by atoms with van der Waals surface area (Å²) in [5.41, 5.74) is 1.23. The number of aryl methyl sites for hydroxylation is 1. The molecule has 0 aliphatic rings. The number of benzene rings is 1. The highest BCUT2D eigenvalue weighted by atomic mass is 16.5. The van der Waals surface area contributed by atoms with Crippen LogP contribution in [0, 0.1) is 6.92 Å². The van der Waals surface area contributed by atoms with Gasteiger partial charge >= 0.3 is 0 Å². The summed E-state index contributed by atoms with van der Waals surface area (Å²) in [6.07, 6.45) is 3.58. The van der Waals surface area contributed by atoms with Gasteiger partial charge in [0.25, 0.3) is 0 Å². The molecule has 1 aromatic rings. The molecule has 1 heteroatoms. The van der Waals surface area contributed by atoms with E-state index >= 15 is 0 Å². The van der Waals surface area contributed by atoms with Crippen LogP contribution in [0.5, 0.6) is 5.75 Å². The molecule has 0 saturated heterocycles. The summed E-state index contributed by atoms with van der Waals surface area (Å²) >= 11 is 0. The monoisotopic (exact) mass is 174 g/mol. The van der Waals surface area contributed by atoms with E-state index in [1.165, 1.54) is 5.56 Å². The topological polar surface area (TPSA) is 9.23 Å². The summed E-state index contributed by atoms with van der Waals surface area (Å²) in [5, 5.41) is 0. The molecule has 1 aromatic carbocycles. The zero-order valence-electron chi connectivity index (χ0n) is 8.08. The summed E-state index contributed by atoms with van der Waals surface area (Å²) in [5.74, 6) is 1.63. The Labute approximate surface area is 79.4 Å². The van der Waals surface area contributed by atoms with Crippen LogP contribution in [0.1, 0.15) is 12.5 Å². The van der Waals surface area contributed by atoms with Gasteiger partial charge in [0, 0.05) is 0 Å². The molecule has 0 aliphatic heterocycles. The first-order valence-corrected chi connectivity index (χ1v) is 4.29. The zero-order valence-corrected chi connectivity index (χ0v) is 8.08. The third-order valence-electron chi connectivity index (χ3n) is 1.74. The van der Waals surface area contributed by atoms with Crippen LogP contribution in [0.2, 0.25) is 0 Å². The third kappa shape index (κ3) is 2.79. The van der Waals surface area contributed by atoms with E-state index in [0.29, 0.717) is 0 Å². The average Bonchev–Trinajstić information content (AvgIpc) is 2.17. The predicted octanol–water partition coefficient (Wildman–Crippen LogP) is 3.46. The molecule has 0 aromatic heterocycles. The van der Waals surface area contributed by atoms with Crippen molar-refractivity contribution in [1.29, 1.82) is 0 Å². The Morgan fingerprint density at radius 3 is 2.38 bits per heavy atom. The molecule has 0 unspecified atom stereocenters. The lowest BCUT2D eigenvalue weighted by molar-refractivity contribution is 0.443. The molecule has 1 nitrogen and oxygen atoms in total. The Morgan fingerprint density at radius 1 is 1.31 bits per heavy atom. The smallest absolute Gasteiger partial charge is 0.127 e. The van der Waals surface area contributed by atoms with Crippen molar-refractivity contribution >= 4 is 0 Å². The minimum atomic E-state index is 0.781. The molecule has 1 rings (SSSR count). The van der Waals surface area contributed by atoms with Gasteiger partial charge in [-0.15, -0.1) is 0 Å². The van der Waals surface area contributed by atoms with Gasteiger partial charge < -0.3 is 4.74 Å². The normalized spacial score (nSPS) is 11.1. The standard InChI is InChI=1S/C12H14O/c1-4-11(5-2)13-12-8-6-10(3)7-9-12/h4-9H,1H2,2-3H3. The van der Waals surface area contributed by atoms with Crippen LogP contribution in [-0.2, 0) is 0 Å². The molecule has 0 saturated carbocycles. The van der Waals surface area contributed by atoms with E-state index < -0.39 is 0 Å². The quantitative estimate of drug-likeness (QED) is 0.503. The van der Waals surface area contributed by atoms with Gasteiger partial charge in [-0.05, 0) is 38.1 Å². The maximum Gasteiger partial charge on any atom is 0.127 e. The predicted molar refractivity (Wildman–Crippen MR) is 55.8 cm³/mol. The van der Waals surface area contributed by atoms with Crippen molar-refractivity contribution in [2.24, 2.45) is 0 Å². The first-order chi connectivity index (χ1) is 6.26. The number of ether oxygens (including phenoxy) is 1. The van der Waals surface area contributed by atoms with Crippen molar-refractivity contribution in [3.63, 3.8) is 0 Å². The highest BCUT2D eigenvalue weighted by molar-refractivity contribution is 5.29. The molecule has 0 amide bonds. The lowest BCUT2D eigenvalue weighted by Crippen LogP contribution is -1.90. The van der Waals surface area contributed by atoms with Crippen molar-refractivity contribution in [3.8, 4) is 5.75 Å². The molecule has 0 heterocycles. The van der Waals surface area contributed by atoms with Gasteiger partial charge in [0.05, 0.1) is 0 Å². The lowest BCUT2D eigenvalue weighted by atomic mass is 10.2. The second-order valence-electron chi connectivity index (χ2n) is 2.81. The van der Waals surface area contributed by atoms with E-state index in [4.69, 9.17) is 4.74 Å². The van der Waals surface area contributed by atoms with Gasteiger partial charge in [-0.2, -0.15) is 0 Å². The van der Waals surface area contributed by atoms with Crippen molar-refractivity contribution in [3.05, 3.63) is 54.3 Å². The first kappa shape index (κ1) is 9.59. The average molecular weight is 174 g/mol. The molecular formula is C12H14O. The van der Waals surface area contributed by atoms with E-state index in [1.54, 1.807) is 6.08 Å². The molecule has 0 radical (unpaired) electrons. The van der Waals surface area contributed by atoms with Crippen LogP contribution in [0.4, 0.5) is 0 Å². The second-order valence-corrected chi connectivity index (χ2v) is 2.81. The molecule has 0 bridgehead atoms. The van der Waals surface area contributed by atoms with Crippen LogP contribution in [-0.4, -0.2) is 0 Å². The Morgan fingerprint density at radius 2 is 1.92 bits per heavy atom. The fourth-order valence-electron chi connectivity index (χ4n) is 0.961. The van der Waals surface area contributed by atoms with Gasteiger partial charge in [-0.25, -0.2) is 0 Å². The van der Waals surface area contributed by atoms with E-state index in [0.717, 1.165) is 11.5 Å². The van der Waals surface area contributed by atoms with Crippen molar-refractivity contribution in [1.82, 2.24) is 0 Å². The summed E-state index contributed by atoms with van der Waals surface area (Å²) in [7, 11) is 0. The van der Waals surface area contributed by atoms with Crippen molar-refractivity contribution in [2.75, 3.05) is 0 Å². The third-order valence-corrected chi connectivity index (χ3v) is 1.74.